The largest absolute Gasteiger partial charge is 0.462 e. The third-order valence-electron chi connectivity index (χ3n) is 4.40. The number of rotatable bonds is 6. The van der Waals surface area contributed by atoms with Crippen molar-refractivity contribution in [2.24, 2.45) is 0 Å². The average Bonchev–Trinajstić information content (AvgIpc) is 3.10. The van der Waals surface area contributed by atoms with Crippen molar-refractivity contribution in [2.75, 3.05) is 13.2 Å². The highest BCUT2D eigenvalue weighted by Crippen LogP contribution is 2.31. The molecule has 0 aliphatic heterocycles. The molecule has 1 aromatic heterocycles. The second kappa shape index (κ2) is 8.97. The maximum atomic E-state index is 12.9. The van der Waals surface area contributed by atoms with Crippen LogP contribution in [0.2, 0.25) is 5.02 Å². The zero-order valence-corrected chi connectivity index (χ0v) is 17.3. The molecule has 0 aliphatic carbocycles. The first-order valence-electron chi connectivity index (χ1n) is 9.39. The van der Waals surface area contributed by atoms with Crippen LogP contribution >= 0.6 is 11.6 Å². The molecule has 0 aliphatic rings. The van der Waals surface area contributed by atoms with Crippen molar-refractivity contribution < 1.29 is 19.1 Å². The summed E-state index contributed by atoms with van der Waals surface area (Å²) in [5.74, 6) is -1.17. The molecule has 150 valence electrons. The normalized spacial score (nSPS) is 10.6. The Hall–Kier alpha value is -3.05. The highest BCUT2D eigenvalue weighted by molar-refractivity contribution is 6.30. The summed E-state index contributed by atoms with van der Waals surface area (Å²) in [7, 11) is 0. The second-order valence-corrected chi connectivity index (χ2v) is 6.85. The Balaban J connectivity index is 2.32. The summed E-state index contributed by atoms with van der Waals surface area (Å²) >= 11 is 6.05. The standard InChI is InChI=1S/C23H22ClNO4/c1-4-28-22(26)19-14-20(16-8-6-15(3)7-9-16)25(21(19)23(27)29-5-2)18-12-10-17(24)11-13-18/h6-14H,4-5H2,1-3H3. The summed E-state index contributed by atoms with van der Waals surface area (Å²) in [5.41, 5.74) is 3.61. The predicted molar refractivity (Wildman–Crippen MR) is 113 cm³/mol. The molecule has 0 bridgehead atoms. The topological polar surface area (TPSA) is 57.5 Å². The van der Waals surface area contributed by atoms with Crippen molar-refractivity contribution in [3.63, 3.8) is 0 Å². The summed E-state index contributed by atoms with van der Waals surface area (Å²) < 4.78 is 12.2. The van der Waals surface area contributed by atoms with Gasteiger partial charge in [-0.3, -0.25) is 0 Å². The first-order valence-corrected chi connectivity index (χ1v) is 9.77. The maximum Gasteiger partial charge on any atom is 0.356 e. The van der Waals surface area contributed by atoms with Crippen molar-refractivity contribution >= 4 is 23.5 Å². The van der Waals surface area contributed by atoms with E-state index < -0.39 is 11.9 Å². The summed E-state index contributed by atoms with van der Waals surface area (Å²) in [6.45, 7) is 5.83. The third kappa shape index (κ3) is 4.35. The fourth-order valence-electron chi connectivity index (χ4n) is 3.07. The van der Waals surface area contributed by atoms with E-state index >= 15 is 0 Å². The Kier molecular flexibility index (Phi) is 6.39. The lowest BCUT2D eigenvalue weighted by molar-refractivity contribution is 0.0473. The average molecular weight is 412 g/mol. The van der Waals surface area contributed by atoms with E-state index in [1.54, 1.807) is 48.7 Å². The van der Waals surface area contributed by atoms with Crippen LogP contribution in [0.3, 0.4) is 0 Å². The van der Waals surface area contributed by atoms with E-state index in [9.17, 15) is 9.59 Å². The third-order valence-corrected chi connectivity index (χ3v) is 4.65. The molecule has 3 aromatic rings. The predicted octanol–water partition coefficient (Wildman–Crippen LogP) is 5.46. The van der Waals surface area contributed by atoms with Crippen molar-refractivity contribution in [3.8, 4) is 16.9 Å². The van der Waals surface area contributed by atoms with Gasteiger partial charge < -0.3 is 14.0 Å². The first-order chi connectivity index (χ1) is 14.0. The number of aromatic nitrogens is 1. The zero-order valence-electron chi connectivity index (χ0n) is 16.6. The SMILES string of the molecule is CCOC(=O)c1cc(-c2ccc(C)cc2)n(-c2ccc(Cl)cc2)c1C(=O)OCC. The number of esters is 2. The lowest BCUT2D eigenvalue weighted by Crippen LogP contribution is -2.17. The molecule has 0 spiro atoms. The zero-order chi connectivity index (χ0) is 21.0. The minimum absolute atomic E-state index is 0.128. The van der Waals surface area contributed by atoms with E-state index in [0.29, 0.717) is 16.4 Å². The van der Waals surface area contributed by atoms with E-state index in [0.717, 1.165) is 11.1 Å². The van der Waals surface area contributed by atoms with Gasteiger partial charge in [0, 0.05) is 10.7 Å². The van der Waals surface area contributed by atoms with Gasteiger partial charge in [0.05, 0.1) is 24.5 Å². The number of carbonyl (C=O) groups excluding carboxylic acids is 2. The summed E-state index contributed by atoms with van der Waals surface area (Å²) in [4.78, 5) is 25.5. The Morgan fingerprint density at radius 2 is 1.48 bits per heavy atom. The van der Waals surface area contributed by atoms with E-state index in [1.807, 2.05) is 31.2 Å². The van der Waals surface area contributed by atoms with Crippen molar-refractivity contribution in [2.45, 2.75) is 20.8 Å². The summed E-state index contributed by atoms with van der Waals surface area (Å²) in [6, 6.07) is 16.6. The van der Waals surface area contributed by atoms with E-state index in [-0.39, 0.29) is 24.5 Å². The van der Waals surface area contributed by atoms with Crippen LogP contribution in [0.15, 0.2) is 54.6 Å². The van der Waals surface area contributed by atoms with Gasteiger partial charge in [0.15, 0.2) is 0 Å². The first kappa shape index (κ1) is 20.7. The molecule has 2 aromatic carbocycles. The van der Waals surface area contributed by atoms with Gasteiger partial charge in [-0.25, -0.2) is 9.59 Å². The molecule has 0 unspecified atom stereocenters. The Bertz CT molecular complexity index is 1020. The number of ether oxygens (including phenoxy) is 2. The van der Waals surface area contributed by atoms with Crippen LogP contribution in [-0.2, 0) is 9.47 Å². The minimum atomic E-state index is -0.594. The number of nitrogens with zero attached hydrogens (tertiary/aromatic N) is 1. The number of aryl methyl sites for hydroxylation is 1. The van der Waals surface area contributed by atoms with Crippen LogP contribution in [0.5, 0.6) is 0 Å². The molecule has 0 N–H and O–H groups in total. The Labute approximate surface area is 174 Å². The molecule has 3 rings (SSSR count). The summed E-state index contributed by atoms with van der Waals surface area (Å²) in [5, 5.41) is 0.570. The smallest absolute Gasteiger partial charge is 0.356 e. The van der Waals surface area contributed by atoms with E-state index in [1.165, 1.54) is 0 Å². The van der Waals surface area contributed by atoms with Gasteiger partial charge in [0.25, 0.3) is 0 Å². The van der Waals surface area contributed by atoms with E-state index in [2.05, 4.69) is 0 Å². The van der Waals surface area contributed by atoms with Crippen molar-refractivity contribution in [3.05, 3.63) is 76.4 Å². The molecule has 5 nitrogen and oxygen atoms in total. The van der Waals surface area contributed by atoms with Gasteiger partial charge in [0.1, 0.15) is 5.69 Å². The molecule has 29 heavy (non-hydrogen) atoms. The second-order valence-electron chi connectivity index (χ2n) is 6.41. The Morgan fingerprint density at radius 3 is 2.07 bits per heavy atom. The number of hydrogen-bond donors (Lipinski definition) is 0. The lowest BCUT2D eigenvalue weighted by Gasteiger charge is -2.14. The molecule has 6 heteroatoms. The fraction of sp³-hybridized carbons (Fsp3) is 0.217. The molecule has 0 radical (unpaired) electrons. The maximum absolute atomic E-state index is 12.9. The molecular weight excluding hydrogens is 390 g/mol. The molecule has 0 atom stereocenters. The highest BCUT2D eigenvalue weighted by Gasteiger charge is 2.28. The number of carbonyl (C=O) groups is 2. The van der Waals surface area contributed by atoms with Gasteiger partial charge in [-0.2, -0.15) is 0 Å². The minimum Gasteiger partial charge on any atom is -0.462 e. The Morgan fingerprint density at radius 1 is 0.897 bits per heavy atom. The van der Waals surface area contributed by atoms with Gasteiger partial charge in [-0.05, 0) is 56.7 Å². The van der Waals surface area contributed by atoms with Crippen LogP contribution in [0.4, 0.5) is 0 Å². The molecular formula is C23H22ClNO4. The fourth-order valence-corrected chi connectivity index (χ4v) is 3.20. The van der Waals surface area contributed by atoms with Crippen LogP contribution in [0, 0.1) is 6.92 Å². The molecule has 0 amide bonds. The van der Waals surface area contributed by atoms with Gasteiger partial charge in [-0.1, -0.05) is 41.4 Å². The van der Waals surface area contributed by atoms with Gasteiger partial charge in [-0.15, -0.1) is 0 Å². The summed E-state index contributed by atoms with van der Waals surface area (Å²) in [6.07, 6.45) is 0. The monoisotopic (exact) mass is 411 g/mol. The lowest BCUT2D eigenvalue weighted by atomic mass is 10.1. The molecule has 0 saturated carbocycles. The van der Waals surface area contributed by atoms with Crippen molar-refractivity contribution in [1.29, 1.82) is 0 Å². The number of hydrogen-bond acceptors (Lipinski definition) is 4. The molecule has 0 saturated heterocycles. The number of benzene rings is 2. The van der Waals surface area contributed by atoms with Crippen LogP contribution in [0.25, 0.3) is 16.9 Å². The highest BCUT2D eigenvalue weighted by atomic mass is 35.5. The van der Waals surface area contributed by atoms with Gasteiger partial charge in [0.2, 0.25) is 0 Å². The van der Waals surface area contributed by atoms with E-state index in [4.69, 9.17) is 21.1 Å². The van der Waals surface area contributed by atoms with Crippen LogP contribution < -0.4 is 0 Å². The number of halogens is 1. The van der Waals surface area contributed by atoms with Crippen molar-refractivity contribution in [1.82, 2.24) is 4.57 Å². The molecule has 0 fully saturated rings. The van der Waals surface area contributed by atoms with Crippen LogP contribution in [-0.4, -0.2) is 29.7 Å². The molecule has 1 heterocycles. The quantitative estimate of drug-likeness (QED) is 0.505. The van der Waals surface area contributed by atoms with Gasteiger partial charge >= 0.3 is 11.9 Å². The van der Waals surface area contributed by atoms with Crippen LogP contribution in [0.1, 0.15) is 40.3 Å².